The summed E-state index contributed by atoms with van der Waals surface area (Å²) in [5.41, 5.74) is 0.965. The SMILES string of the molecule is CC(NC(=O)CSc1nnc(Nc2ccccc2)s1)c1cccs1. The van der Waals surface area contributed by atoms with Gasteiger partial charge in [0.1, 0.15) is 0 Å². The van der Waals surface area contributed by atoms with Gasteiger partial charge in [-0.05, 0) is 30.5 Å². The monoisotopic (exact) mass is 376 g/mol. The van der Waals surface area contributed by atoms with Crippen LogP contribution in [0.3, 0.4) is 0 Å². The fourth-order valence-electron chi connectivity index (χ4n) is 1.98. The van der Waals surface area contributed by atoms with Crippen molar-refractivity contribution in [2.75, 3.05) is 11.1 Å². The minimum Gasteiger partial charge on any atom is -0.348 e. The Kier molecular flexibility index (Phi) is 5.84. The van der Waals surface area contributed by atoms with Gasteiger partial charge in [0.05, 0.1) is 11.8 Å². The minimum atomic E-state index is -0.00586. The van der Waals surface area contributed by atoms with Crippen LogP contribution in [0, 0.1) is 0 Å². The van der Waals surface area contributed by atoms with Gasteiger partial charge in [-0.3, -0.25) is 4.79 Å². The Labute approximate surface area is 152 Å². The Morgan fingerprint density at radius 2 is 2.04 bits per heavy atom. The lowest BCUT2D eigenvalue weighted by Gasteiger charge is -2.11. The number of nitrogens with one attached hydrogen (secondary N) is 2. The van der Waals surface area contributed by atoms with Crippen LogP contribution in [0.4, 0.5) is 10.8 Å². The first kappa shape index (κ1) is 16.9. The topological polar surface area (TPSA) is 66.9 Å². The predicted molar refractivity (Wildman–Crippen MR) is 101 cm³/mol. The Hall–Kier alpha value is -1.90. The maximum atomic E-state index is 12.0. The molecule has 2 aromatic heterocycles. The highest BCUT2D eigenvalue weighted by Crippen LogP contribution is 2.27. The fraction of sp³-hybridized carbons (Fsp3) is 0.188. The van der Waals surface area contributed by atoms with Crippen LogP contribution in [-0.2, 0) is 4.79 Å². The molecule has 0 aliphatic rings. The van der Waals surface area contributed by atoms with Gasteiger partial charge in [-0.15, -0.1) is 21.5 Å². The Morgan fingerprint density at radius 3 is 2.79 bits per heavy atom. The van der Waals surface area contributed by atoms with E-state index < -0.39 is 0 Å². The van der Waals surface area contributed by atoms with E-state index in [2.05, 4.69) is 20.8 Å². The Morgan fingerprint density at radius 1 is 1.21 bits per heavy atom. The zero-order chi connectivity index (χ0) is 16.8. The second kappa shape index (κ2) is 8.27. The molecule has 0 saturated carbocycles. The van der Waals surface area contributed by atoms with Crippen molar-refractivity contribution in [2.45, 2.75) is 17.3 Å². The van der Waals surface area contributed by atoms with Gasteiger partial charge in [0.15, 0.2) is 4.34 Å². The van der Waals surface area contributed by atoms with Crippen molar-refractivity contribution in [1.29, 1.82) is 0 Å². The molecule has 0 radical (unpaired) electrons. The second-order valence-electron chi connectivity index (χ2n) is 4.96. The van der Waals surface area contributed by atoms with Crippen molar-refractivity contribution < 1.29 is 4.79 Å². The molecule has 3 rings (SSSR count). The third kappa shape index (κ3) is 4.80. The van der Waals surface area contributed by atoms with E-state index in [0.717, 1.165) is 20.0 Å². The molecule has 0 spiro atoms. The van der Waals surface area contributed by atoms with Crippen molar-refractivity contribution in [1.82, 2.24) is 15.5 Å². The van der Waals surface area contributed by atoms with E-state index in [9.17, 15) is 4.79 Å². The number of hydrogen-bond acceptors (Lipinski definition) is 7. The smallest absolute Gasteiger partial charge is 0.230 e. The van der Waals surface area contributed by atoms with Crippen LogP contribution in [0.15, 0.2) is 52.2 Å². The molecule has 0 aliphatic carbocycles. The summed E-state index contributed by atoms with van der Waals surface area (Å²) in [5, 5.41) is 17.1. The highest BCUT2D eigenvalue weighted by molar-refractivity contribution is 8.01. The average molecular weight is 377 g/mol. The Balaban J connectivity index is 1.47. The molecule has 2 heterocycles. The summed E-state index contributed by atoms with van der Waals surface area (Å²) >= 11 is 4.48. The summed E-state index contributed by atoms with van der Waals surface area (Å²) in [5.74, 6) is 0.323. The lowest BCUT2D eigenvalue weighted by molar-refractivity contribution is -0.119. The lowest BCUT2D eigenvalue weighted by atomic mass is 10.3. The first-order valence-corrected chi connectivity index (χ1v) is 10.00. The van der Waals surface area contributed by atoms with Crippen LogP contribution in [-0.4, -0.2) is 21.9 Å². The van der Waals surface area contributed by atoms with E-state index in [1.54, 1.807) is 11.3 Å². The number of para-hydroxylation sites is 1. The number of rotatable bonds is 7. The van der Waals surface area contributed by atoms with E-state index in [4.69, 9.17) is 0 Å². The molecule has 0 fully saturated rings. The van der Waals surface area contributed by atoms with Gasteiger partial charge in [0, 0.05) is 10.6 Å². The average Bonchev–Trinajstić information content (AvgIpc) is 3.26. The van der Waals surface area contributed by atoms with Gasteiger partial charge < -0.3 is 10.6 Å². The van der Waals surface area contributed by atoms with Gasteiger partial charge in [0.25, 0.3) is 0 Å². The maximum absolute atomic E-state index is 12.0. The lowest BCUT2D eigenvalue weighted by Crippen LogP contribution is -2.27. The Bertz CT molecular complexity index is 774. The highest BCUT2D eigenvalue weighted by Gasteiger charge is 2.12. The van der Waals surface area contributed by atoms with Gasteiger partial charge in [0.2, 0.25) is 11.0 Å². The first-order valence-electron chi connectivity index (χ1n) is 7.32. The number of thioether (sulfide) groups is 1. The van der Waals surface area contributed by atoms with E-state index in [1.807, 2.05) is 54.8 Å². The number of hydrogen-bond donors (Lipinski definition) is 2. The van der Waals surface area contributed by atoms with E-state index in [-0.39, 0.29) is 11.9 Å². The molecule has 1 amide bonds. The normalized spacial score (nSPS) is 11.9. The molecule has 2 N–H and O–H groups in total. The zero-order valence-electron chi connectivity index (χ0n) is 12.9. The van der Waals surface area contributed by atoms with Crippen LogP contribution >= 0.6 is 34.4 Å². The van der Waals surface area contributed by atoms with Crippen LogP contribution in [0.2, 0.25) is 0 Å². The molecule has 0 bridgehead atoms. The summed E-state index contributed by atoms with van der Waals surface area (Å²) in [6.07, 6.45) is 0. The number of amides is 1. The third-order valence-corrected chi connectivity index (χ3v) is 6.13. The molecule has 0 saturated heterocycles. The van der Waals surface area contributed by atoms with Gasteiger partial charge in [-0.25, -0.2) is 0 Å². The summed E-state index contributed by atoms with van der Waals surface area (Å²) in [7, 11) is 0. The number of aromatic nitrogens is 2. The van der Waals surface area contributed by atoms with Crippen molar-refractivity contribution in [3.63, 3.8) is 0 Å². The maximum Gasteiger partial charge on any atom is 0.230 e. The number of thiophene rings is 1. The molecular weight excluding hydrogens is 360 g/mol. The van der Waals surface area contributed by atoms with Crippen LogP contribution in [0.1, 0.15) is 17.8 Å². The summed E-state index contributed by atoms with van der Waals surface area (Å²) < 4.78 is 0.771. The molecule has 5 nitrogen and oxygen atoms in total. The highest BCUT2D eigenvalue weighted by atomic mass is 32.2. The molecular formula is C16H16N4OS3. The molecule has 24 heavy (non-hydrogen) atoms. The van der Waals surface area contributed by atoms with Crippen molar-refractivity contribution in [3.8, 4) is 0 Å². The number of anilines is 2. The largest absolute Gasteiger partial charge is 0.348 e. The summed E-state index contributed by atoms with van der Waals surface area (Å²) in [6, 6.07) is 13.8. The van der Waals surface area contributed by atoms with Crippen LogP contribution < -0.4 is 10.6 Å². The van der Waals surface area contributed by atoms with E-state index in [0.29, 0.717) is 5.75 Å². The van der Waals surface area contributed by atoms with Crippen molar-refractivity contribution in [3.05, 3.63) is 52.7 Å². The first-order chi connectivity index (χ1) is 11.7. The molecule has 124 valence electrons. The quantitative estimate of drug-likeness (QED) is 0.601. The molecule has 1 unspecified atom stereocenters. The number of nitrogens with zero attached hydrogens (tertiary/aromatic N) is 2. The molecule has 1 atom stereocenters. The standard InChI is InChI=1S/C16H16N4OS3/c1-11(13-8-5-9-22-13)17-14(21)10-23-16-20-19-15(24-16)18-12-6-3-2-4-7-12/h2-9,11H,10H2,1H3,(H,17,21)(H,18,19). The fourth-order valence-corrected chi connectivity index (χ4v) is 4.30. The van der Waals surface area contributed by atoms with Gasteiger partial charge in [-0.1, -0.05) is 47.4 Å². The number of carbonyl (C=O) groups excluding carboxylic acids is 1. The summed E-state index contributed by atoms with van der Waals surface area (Å²) in [6.45, 7) is 1.99. The molecule has 0 aliphatic heterocycles. The third-order valence-electron chi connectivity index (χ3n) is 3.11. The van der Waals surface area contributed by atoms with Crippen LogP contribution in [0.25, 0.3) is 0 Å². The minimum absolute atomic E-state index is 0.00586. The summed E-state index contributed by atoms with van der Waals surface area (Å²) in [4.78, 5) is 13.2. The van der Waals surface area contributed by atoms with Gasteiger partial charge in [-0.2, -0.15) is 0 Å². The molecule has 1 aromatic carbocycles. The predicted octanol–water partition coefficient (Wildman–Crippen LogP) is 4.31. The molecule has 8 heteroatoms. The molecule has 3 aromatic rings. The number of carbonyl (C=O) groups is 1. The van der Waals surface area contributed by atoms with Crippen LogP contribution in [0.5, 0.6) is 0 Å². The second-order valence-corrected chi connectivity index (χ2v) is 8.14. The number of benzene rings is 1. The van der Waals surface area contributed by atoms with Crippen molar-refractivity contribution >= 4 is 51.2 Å². The van der Waals surface area contributed by atoms with Crippen molar-refractivity contribution in [2.24, 2.45) is 0 Å². The van der Waals surface area contributed by atoms with E-state index in [1.165, 1.54) is 23.1 Å². The van der Waals surface area contributed by atoms with Gasteiger partial charge >= 0.3 is 0 Å². The van der Waals surface area contributed by atoms with E-state index >= 15 is 0 Å². The zero-order valence-corrected chi connectivity index (χ0v) is 15.4.